The van der Waals surface area contributed by atoms with E-state index in [9.17, 15) is 4.79 Å². The second-order valence-electron chi connectivity index (χ2n) is 6.97. The Balaban J connectivity index is 1.60. The predicted molar refractivity (Wildman–Crippen MR) is 118 cm³/mol. The highest BCUT2D eigenvalue weighted by Crippen LogP contribution is 2.27. The van der Waals surface area contributed by atoms with Gasteiger partial charge in [-0.15, -0.1) is 10.2 Å². The quantitative estimate of drug-likeness (QED) is 0.409. The third-order valence-corrected chi connectivity index (χ3v) is 5.37. The smallest absolute Gasteiger partial charge is 0.204 e. The topological polar surface area (TPSA) is 72.2 Å². The van der Waals surface area contributed by atoms with E-state index in [0.29, 0.717) is 33.1 Å². The number of benzene rings is 3. The van der Waals surface area contributed by atoms with E-state index in [0.717, 1.165) is 16.8 Å². The molecule has 146 valence electrons. The summed E-state index contributed by atoms with van der Waals surface area (Å²) in [5.41, 5.74) is 5.05. The van der Waals surface area contributed by atoms with Crippen molar-refractivity contribution in [3.05, 3.63) is 94.8 Å². The van der Waals surface area contributed by atoms with E-state index in [1.54, 1.807) is 24.5 Å². The second kappa shape index (κ2) is 7.24. The number of carbonyl (C=O) groups excluding carboxylic acids is 1. The van der Waals surface area contributed by atoms with Gasteiger partial charge in [0.15, 0.2) is 11.6 Å². The van der Waals surface area contributed by atoms with Crippen LogP contribution in [0.15, 0.2) is 73.1 Å². The maximum Gasteiger partial charge on any atom is 0.204 e. The number of aryl methyl sites for hydroxylation is 1. The molecule has 0 saturated carbocycles. The summed E-state index contributed by atoms with van der Waals surface area (Å²) in [7, 11) is 0. The lowest BCUT2D eigenvalue weighted by Crippen LogP contribution is -2.04. The maximum atomic E-state index is 12.8. The molecular weight excluding hydrogens is 398 g/mol. The molecule has 7 heteroatoms. The normalized spacial score (nSPS) is 11.1. The van der Waals surface area contributed by atoms with Crippen molar-refractivity contribution >= 4 is 45.6 Å². The Morgan fingerprint density at radius 3 is 2.63 bits per heavy atom. The molecule has 0 fully saturated rings. The minimum absolute atomic E-state index is 0.0461. The van der Waals surface area contributed by atoms with Crippen LogP contribution in [0.4, 0.5) is 11.5 Å². The molecule has 5 aromatic rings. The Morgan fingerprint density at radius 1 is 1.00 bits per heavy atom. The van der Waals surface area contributed by atoms with Crippen LogP contribution < -0.4 is 5.32 Å². The lowest BCUT2D eigenvalue weighted by Gasteiger charge is -2.11. The van der Waals surface area contributed by atoms with Gasteiger partial charge in [-0.1, -0.05) is 48.0 Å². The Labute approximate surface area is 177 Å². The van der Waals surface area contributed by atoms with Crippen LogP contribution in [-0.2, 0) is 0 Å². The summed E-state index contributed by atoms with van der Waals surface area (Å²) in [6, 6.07) is 20.3. The van der Waals surface area contributed by atoms with Gasteiger partial charge in [0.1, 0.15) is 6.33 Å². The number of nitrogens with one attached hydrogen (secondary N) is 1. The molecule has 0 saturated heterocycles. The van der Waals surface area contributed by atoms with E-state index in [4.69, 9.17) is 16.6 Å². The Morgan fingerprint density at radius 2 is 1.83 bits per heavy atom. The van der Waals surface area contributed by atoms with E-state index >= 15 is 0 Å². The van der Waals surface area contributed by atoms with Gasteiger partial charge < -0.3 is 5.32 Å². The molecule has 0 atom stereocenters. The van der Waals surface area contributed by atoms with Gasteiger partial charge in [0.2, 0.25) is 5.65 Å². The molecule has 30 heavy (non-hydrogen) atoms. The molecule has 2 aromatic heterocycles. The first-order valence-electron chi connectivity index (χ1n) is 9.36. The molecule has 3 aromatic carbocycles. The summed E-state index contributed by atoms with van der Waals surface area (Å²) in [5, 5.41) is 12.2. The third-order valence-electron chi connectivity index (χ3n) is 4.96. The molecule has 5 rings (SSSR count). The molecule has 2 heterocycles. The zero-order chi connectivity index (χ0) is 20.7. The minimum atomic E-state index is -0.0461. The maximum absolute atomic E-state index is 12.8. The summed E-state index contributed by atoms with van der Waals surface area (Å²) in [6.45, 7) is 1.95. The van der Waals surface area contributed by atoms with E-state index in [1.807, 2.05) is 59.9 Å². The fourth-order valence-electron chi connectivity index (χ4n) is 3.34. The molecular formula is C23H16ClN5O. The lowest BCUT2D eigenvalue weighted by molar-refractivity contribution is 0.103. The molecule has 1 N–H and O–H groups in total. The zero-order valence-corrected chi connectivity index (χ0v) is 16.8. The number of nitrogens with zero attached hydrogens (tertiary/aromatic N) is 4. The van der Waals surface area contributed by atoms with Crippen LogP contribution in [0.2, 0.25) is 5.02 Å². The van der Waals surface area contributed by atoms with Crippen molar-refractivity contribution in [1.29, 1.82) is 0 Å². The molecule has 0 aliphatic rings. The van der Waals surface area contributed by atoms with Gasteiger partial charge in [0, 0.05) is 21.8 Å². The predicted octanol–water partition coefficient (Wildman–Crippen LogP) is 5.21. The number of fused-ring (bicyclic) bond motifs is 3. The number of aromatic nitrogens is 4. The number of halogens is 1. The summed E-state index contributed by atoms with van der Waals surface area (Å²) >= 11 is 6.24. The highest BCUT2D eigenvalue weighted by atomic mass is 35.5. The number of rotatable bonds is 4. The number of carbonyl (C=O) groups is 1. The fourth-order valence-corrected chi connectivity index (χ4v) is 3.52. The van der Waals surface area contributed by atoms with Gasteiger partial charge in [-0.2, -0.15) is 0 Å². The van der Waals surface area contributed by atoms with Gasteiger partial charge in [-0.3, -0.25) is 9.20 Å². The zero-order valence-electron chi connectivity index (χ0n) is 16.0. The molecule has 0 bridgehead atoms. The van der Waals surface area contributed by atoms with Gasteiger partial charge in [0.05, 0.1) is 11.0 Å². The first-order valence-corrected chi connectivity index (χ1v) is 9.74. The first kappa shape index (κ1) is 18.3. The third kappa shape index (κ3) is 3.17. The highest BCUT2D eigenvalue weighted by Gasteiger charge is 2.14. The number of hydrogen-bond acceptors (Lipinski definition) is 5. The summed E-state index contributed by atoms with van der Waals surface area (Å²) < 4.78 is 1.82. The average Bonchev–Trinajstić information content (AvgIpc) is 3.27. The van der Waals surface area contributed by atoms with Crippen LogP contribution in [0.5, 0.6) is 0 Å². The van der Waals surface area contributed by atoms with Crippen molar-refractivity contribution in [3.8, 4) is 0 Å². The Hall–Kier alpha value is -3.77. The molecule has 6 nitrogen and oxygen atoms in total. The van der Waals surface area contributed by atoms with Gasteiger partial charge in [-0.05, 0) is 42.8 Å². The molecule has 0 unspecified atom stereocenters. The Kier molecular flexibility index (Phi) is 4.41. The van der Waals surface area contributed by atoms with Crippen LogP contribution in [-0.4, -0.2) is 25.4 Å². The van der Waals surface area contributed by atoms with E-state index in [2.05, 4.69) is 15.5 Å². The summed E-state index contributed by atoms with van der Waals surface area (Å²) in [4.78, 5) is 17.6. The fraction of sp³-hybridized carbons (Fsp3) is 0.0435. The standard InChI is InChI=1S/C23H16ClN5O/c1-14-7-9-17(12-18(14)24)26-22-23-28-25-13-29(23)20-11-16(8-10-19(20)27-22)21(30)15-5-3-2-4-6-15/h2-13H,1H3,(H,26,27). The number of anilines is 2. The first-order chi connectivity index (χ1) is 14.6. The van der Waals surface area contributed by atoms with E-state index < -0.39 is 0 Å². The van der Waals surface area contributed by atoms with Gasteiger partial charge >= 0.3 is 0 Å². The van der Waals surface area contributed by atoms with Crippen LogP contribution >= 0.6 is 11.6 Å². The van der Waals surface area contributed by atoms with E-state index in [-0.39, 0.29) is 5.78 Å². The Bertz CT molecular complexity index is 1410. The number of ketones is 1. The summed E-state index contributed by atoms with van der Waals surface area (Å²) in [5.74, 6) is 0.511. The summed E-state index contributed by atoms with van der Waals surface area (Å²) in [6.07, 6.45) is 1.61. The lowest BCUT2D eigenvalue weighted by atomic mass is 10.0. The molecule has 0 aliphatic carbocycles. The van der Waals surface area contributed by atoms with Crippen LogP contribution in [0, 0.1) is 6.92 Å². The van der Waals surface area contributed by atoms with Crippen molar-refractivity contribution in [2.75, 3.05) is 5.32 Å². The minimum Gasteiger partial charge on any atom is -0.337 e. The average molecular weight is 414 g/mol. The van der Waals surface area contributed by atoms with Gasteiger partial charge in [-0.25, -0.2) is 4.98 Å². The van der Waals surface area contributed by atoms with Crippen molar-refractivity contribution in [3.63, 3.8) is 0 Å². The molecule has 0 radical (unpaired) electrons. The monoisotopic (exact) mass is 413 g/mol. The number of hydrogen-bond donors (Lipinski definition) is 1. The van der Waals surface area contributed by atoms with Crippen molar-refractivity contribution in [2.45, 2.75) is 6.92 Å². The molecule has 0 spiro atoms. The molecule has 0 aliphatic heterocycles. The molecule has 0 amide bonds. The van der Waals surface area contributed by atoms with Gasteiger partial charge in [0.25, 0.3) is 0 Å². The SMILES string of the molecule is Cc1ccc(Nc2nc3ccc(C(=O)c4ccccc4)cc3n3cnnc23)cc1Cl. The van der Waals surface area contributed by atoms with E-state index in [1.165, 1.54) is 0 Å². The van der Waals surface area contributed by atoms with Crippen LogP contribution in [0.1, 0.15) is 21.5 Å². The van der Waals surface area contributed by atoms with Crippen LogP contribution in [0.3, 0.4) is 0 Å². The van der Waals surface area contributed by atoms with Crippen LogP contribution in [0.25, 0.3) is 16.7 Å². The van der Waals surface area contributed by atoms with Crippen molar-refractivity contribution in [2.24, 2.45) is 0 Å². The second-order valence-corrected chi connectivity index (χ2v) is 7.38. The van der Waals surface area contributed by atoms with Crippen molar-refractivity contribution in [1.82, 2.24) is 19.6 Å². The largest absolute Gasteiger partial charge is 0.337 e. The van der Waals surface area contributed by atoms with Crippen molar-refractivity contribution < 1.29 is 4.79 Å². The highest BCUT2D eigenvalue weighted by molar-refractivity contribution is 6.31.